The summed E-state index contributed by atoms with van der Waals surface area (Å²) in [6.45, 7) is 4.28. The molecule has 0 radical (unpaired) electrons. The van der Waals surface area contributed by atoms with Gasteiger partial charge in [0.15, 0.2) is 0 Å². The van der Waals surface area contributed by atoms with Crippen molar-refractivity contribution in [3.63, 3.8) is 0 Å². The summed E-state index contributed by atoms with van der Waals surface area (Å²) >= 11 is 0. The van der Waals surface area contributed by atoms with Crippen LogP contribution in [0.5, 0.6) is 0 Å². The highest BCUT2D eigenvalue weighted by molar-refractivity contribution is 5.29. The van der Waals surface area contributed by atoms with Gasteiger partial charge >= 0.3 is 0 Å². The van der Waals surface area contributed by atoms with Gasteiger partial charge in [-0.1, -0.05) is 42.5 Å². The quantitative estimate of drug-likeness (QED) is 0.683. The Labute approximate surface area is 98.8 Å². The highest BCUT2D eigenvalue weighted by atomic mass is 15.1. The number of benzene rings is 1. The molecule has 1 nitrogen and oxygen atoms in total. The first-order valence-electron chi connectivity index (χ1n) is 6.07. The highest BCUT2D eigenvalue weighted by Crippen LogP contribution is 2.37. The molecule has 0 heterocycles. The van der Waals surface area contributed by atoms with Crippen LogP contribution < -0.4 is 0 Å². The van der Waals surface area contributed by atoms with Gasteiger partial charge in [0.2, 0.25) is 0 Å². The van der Waals surface area contributed by atoms with Crippen molar-refractivity contribution >= 4 is 0 Å². The first-order chi connectivity index (χ1) is 7.68. The van der Waals surface area contributed by atoms with Crippen molar-refractivity contribution in [1.29, 1.82) is 0 Å². The fourth-order valence-corrected chi connectivity index (χ4v) is 2.64. The third kappa shape index (κ3) is 2.35. The lowest BCUT2D eigenvalue weighted by atomic mass is 9.78. The average molecular weight is 215 g/mol. The average Bonchev–Trinajstić information content (AvgIpc) is 2.30. The van der Waals surface area contributed by atoms with E-state index in [9.17, 15) is 0 Å². The van der Waals surface area contributed by atoms with E-state index in [0.717, 1.165) is 6.42 Å². The zero-order valence-corrected chi connectivity index (χ0v) is 10.3. The maximum absolute atomic E-state index is 4.28. The molecule has 2 rings (SSSR count). The number of rotatable bonds is 2. The monoisotopic (exact) mass is 215 g/mol. The van der Waals surface area contributed by atoms with E-state index < -0.39 is 0 Å². The van der Waals surface area contributed by atoms with E-state index in [1.807, 2.05) is 0 Å². The molecule has 2 unspecified atom stereocenters. The summed E-state index contributed by atoms with van der Waals surface area (Å²) in [5.41, 5.74) is 2.83. The van der Waals surface area contributed by atoms with Crippen LogP contribution in [0.15, 0.2) is 42.5 Å². The molecule has 0 N–H and O–H groups in total. The zero-order valence-electron chi connectivity index (χ0n) is 10.3. The molecule has 1 saturated carbocycles. The second-order valence-electron chi connectivity index (χ2n) is 5.02. The molecule has 1 aliphatic rings. The van der Waals surface area contributed by atoms with Crippen LogP contribution in [0.25, 0.3) is 0 Å². The van der Waals surface area contributed by atoms with Crippen LogP contribution in [0.1, 0.15) is 30.7 Å². The molecule has 1 aromatic carbocycles. The van der Waals surface area contributed by atoms with Crippen molar-refractivity contribution in [3.05, 3.63) is 48.0 Å². The van der Waals surface area contributed by atoms with Crippen molar-refractivity contribution in [2.75, 3.05) is 14.1 Å². The maximum Gasteiger partial charge on any atom is 0.0127 e. The van der Waals surface area contributed by atoms with Crippen LogP contribution >= 0.6 is 0 Å². The smallest absolute Gasteiger partial charge is 0.0127 e. The van der Waals surface area contributed by atoms with E-state index in [0.29, 0.717) is 12.0 Å². The van der Waals surface area contributed by atoms with Gasteiger partial charge in [0, 0.05) is 12.0 Å². The number of nitrogens with zero attached hydrogens (tertiary/aromatic N) is 1. The zero-order chi connectivity index (χ0) is 11.5. The highest BCUT2D eigenvalue weighted by Gasteiger charge is 2.26. The third-order valence-corrected chi connectivity index (χ3v) is 3.71. The van der Waals surface area contributed by atoms with E-state index in [4.69, 9.17) is 0 Å². The minimum absolute atomic E-state index is 0.581. The van der Waals surface area contributed by atoms with Crippen LogP contribution in [0.4, 0.5) is 0 Å². The van der Waals surface area contributed by atoms with E-state index in [2.05, 4.69) is 55.9 Å². The van der Waals surface area contributed by atoms with E-state index in [1.165, 1.54) is 24.0 Å². The Bertz CT molecular complexity index is 353. The van der Waals surface area contributed by atoms with Gasteiger partial charge in [-0.3, -0.25) is 0 Å². The first-order valence-corrected chi connectivity index (χ1v) is 6.07. The molecule has 1 heteroatoms. The standard InChI is InChI=1S/C15H21N/c1-12-11-14(16(2)3)9-10-15(12)13-7-5-4-6-8-13/h4-8,14-15H,1,9-11H2,2-3H3. The predicted molar refractivity (Wildman–Crippen MR) is 69.6 cm³/mol. The molecule has 1 aromatic rings. The van der Waals surface area contributed by atoms with E-state index >= 15 is 0 Å². The van der Waals surface area contributed by atoms with Crippen LogP contribution in [0.2, 0.25) is 0 Å². The minimum atomic E-state index is 0.581. The van der Waals surface area contributed by atoms with Crippen molar-refractivity contribution < 1.29 is 0 Å². The molecule has 2 atom stereocenters. The molecule has 16 heavy (non-hydrogen) atoms. The van der Waals surface area contributed by atoms with Crippen LogP contribution in [-0.2, 0) is 0 Å². The summed E-state index contributed by atoms with van der Waals surface area (Å²) < 4.78 is 0. The molecule has 0 spiro atoms. The first kappa shape index (κ1) is 11.4. The Balaban J connectivity index is 2.08. The van der Waals surface area contributed by atoms with Gasteiger partial charge in [-0.25, -0.2) is 0 Å². The fraction of sp³-hybridized carbons (Fsp3) is 0.467. The Kier molecular flexibility index (Phi) is 3.45. The molecule has 0 bridgehead atoms. The van der Waals surface area contributed by atoms with Gasteiger partial charge < -0.3 is 4.90 Å². The van der Waals surface area contributed by atoms with Gasteiger partial charge in [-0.2, -0.15) is 0 Å². The summed E-state index contributed by atoms with van der Waals surface area (Å²) in [7, 11) is 4.33. The van der Waals surface area contributed by atoms with Gasteiger partial charge in [-0.05, 0) is 38.9 Å². The molecule has 0 saturated heterocycles. The largest absolute Gasteiger partial charge is 0.306 e. The normalized spacial score (nSPS) is 26.1. The predicted octanol–water partition coefficient (Wildman–Crippen LogP) is 3.44. The van der Waals surface area contributed by atoms with Crippen molar-refractivity contribution in [2.45, 2.75) is 31.2 Å². The van der Waals surface area contributed by atoms with Crippen LogP contribution in [-0.4, -0.2) is 25.0 Å². The lowest BCUT2D eigenvalue weighted by Crippen LogP contribution is -2.32. The van der Waals surface area contributed by atoms with E-state index in [1.54, 1.807) is 0 Å². The van der Waals surface area contributed by atoms with Crippen LogP contribution in [0, 0.1) is 0 Å². The van der Waals surface area contributed by atoms with Gasteiger partial charge in [0.1, 0.15) is 0 Å². The van der Waals surface area contributed by atoms with Gasteiger partial charge in [-0.15, -0.1) is 0 Å². The van der Waals surface area contributed by atoms with Crippen molar-refractivity contribution in [2.24, 2.45) is 0 Å². The SMILES string of the molecule is C=C1CC(N(C)C)CCC1c1ccccc1. The lowest BCUT2D eigenvalue weighted by molar-refractivity contribution is 0.247. The molecular formula is C15H21N. The Morgan fingerprint density at radius 3 is 2.38 bits per heavy atom. The Morgan fingerprint density at radius 2 is 1.81 bits per heavy atom. The molecular weight excluding hydrogens is 194 g/mol. The Morgan fingerprint density at radius 1 is 1.12 bits per heavy atom. The van der Waals surface area contributed by atoms with Gasteiger partial charge in [0.05, 0.1) is 0 Å². The van der Waals surface area contributed by atoms with Crippen molar-refractivity contribution in [3.8, 4) is 0 Å². The Hall–Kier alpha value is -1.08. The third-order valence-electron chi connectivity index (χ3n) is 3.71. The molecule has 0 aliphatic heterocycles. The van der Waals surface area contributed by atoms with Crippen LogP contribution in [0.3, 0.4) is 0 Å². The summed E-state index contributed by atoms with van der Waals surface area (Å²) in [6.07, 6.45) is 3.67. The molecule has 0 amide bonds. The lowest BCUT2D eigenvalue weighted by Gasteiger charge is -2.34. The molecule has 1 aliphatic carbocycles. The van der Waals surface area contributed by atoms with Gasteiger partial charge in [0.25, 0.3) is 0 Å². The topological polar surface area (TPSA) is 3.24 Å². The second-order valence-corrected chi connectivity index (χ2v) is 5.02. The summed E-state index contributed by atoms with van der Waals surface area (Å²) in [6, 6.07) is 11.5. The number of hydrogen-bond acceptors (Lipinski definition) is 1. The summed E-state index contributed by atoms with van der Waals surface area (Å²) in [5.74, 6) is 0.581. The van der Waals surface area contributed by atoms with Crippen molar-refractivity contribution in [1.82, 2.24) is 4.90 Å². The summed E-state index contributed by atoms with van der Waals surface area (Å²) in [5, 5.41) is 0. The molecule has 0 aromatic heterocycles. The summed E-state index contributed by atoms with van der Waals surface area (Å²) in [4.78, 5) is 2.33. The fourth-order valence-electron chi connectivity index (χ4n) is 2.64. The molecule has 86 valence electrons. The number of hydrogen-bond donors (Lipinski definition) is 0. The minimum Gasteiger partial charge on any atom is -0.306 e. The second kappa shape index (κ2) is 4.84. The van der Waals surface area contributed by atoms with E-state index in [-0.39, 0.29) is 0 Å². The molecule has 1 fully saturated rings. The maximum atomic E-state index is 4.28.